The fourth-order valence-electron chi connectivity index (χ4n) is 5.59. The molecule has 0 bridgehead atoms. The Morgan fingerprint density at radius 1 is 0.816 bits per heavy atom. The van der Waals surface area contributed by atoms with Gasteiger partial charge in [-0.1, -0.05) is 96.8 Å². The van der Waals surface area contributed by atoms with Crippen LogP contribution in [0.2, 0.25) is 0 Å². The third kappa shape index (κ3) is 11.3. The molecule has 0 radical (unpaired) electrons. The van der Waals surface area contributed by atoms with E-state index in [0.29, 0.717) is 49.3 Å². The van der Waals surface area contributed by atoms with E-state index in [1.165, 1.54) is 83.5 Å². The summed E-state index contributed by atoms with van der Waals surface area (Å²) >= 11 is 0. The lowest BCUT2D eigenvalue weighted by Gasteiger charge is -2.22. The normalized spacial score (nSPS) is 15.9. The maximum atomic E-state index is 13.4. The molecule has 214 valence electrons. The third-order valence-electron chi connectivity index (χ3n) is 7.95. The van der Waals surface area contributed by atoms with Gasteiger partial charge in [0, 0.05) is 24.6 Å². The molecule has 2 aliphatic rings. The van der Waals surface area contributed by atoms with E-state index in [1.807, 2.05) is 0 Å². The molecule has 6 nitrogen and oxygen atoms in total. The largest absolute Gasteiger partial charge is 0.486 e. The van der Waals surface area contributed by atoms with E-state index in [1.54, 1.807) is 18.2 Å². The molecule has 0 saturated heterocycles. The molecule has 1 saturated carbocycles. The smallest absolute Gasteiger partial charge is 0.220 e. The molecule has 1 atom stereocenters. The summed E-state index contributed by atoms with van der Waals surface area (Å²) < 4.78 is 11.3. The molecule has 0 spiro atoms. The van der Waals surface area contributed by atoms with E-state index in [9.17, 15) is 9.59 Å². The molecule has 1 aromatic carbocycles. The van der Waals surface area contributed by atoms with Crippen molar-refractivity contribution in [2.75, 3.05) is 19.8 Å². The minimum atomic E-state index is -0.576. The standard InChI is InChI=1S/C32H52N2O4/c1-2-3-4-5-6-7-8-9-10-11-12-13-14-19-31(35)34-28(25-33-27-17-15-16-18-27)32(36)26-20-21-29-30(24-26)38-23-22-37-29/h20-21,24,27-28,33H,2-19,22-23,25H2,1H3,(H,34,35)/t28-/m1/s1. The molecule has 1 aromatic rings. The van der Waals surface area contributed by atoms with Crippen molar-refractivity contribution in [2.24, 2.45) is 0 Å². The van der Waals surface area contributed by atoms with E-state index in [0.717, 1.165) is 25.7 Å². The predicted molar refractivity (Wildman–Crippen MR) is 154 cm³/mol. The van der Waals surface area contributed by atoms with Crippen molar-refractivity contribution in [1.29, 1.82) is 0 Å². The van der Waals surface area contributed by atoms with Crippen LogP contribution in [0.25, 0.3) is 0 Å². The van der Waals surface area contributed by atoms with Crippen LogP contribution >= 0.6 is 0 Å². The van der Waals surface area contributed by atoms with Crippen molar-refractivity contribution >= 4 is 11.7 Å². The summed E-state index contributed by atoms with van der Waals surface area (Å²) in [6.45, 7) is 3.72. The summed E-state index contributed by atoms with van der Waals surface area (Å²) in [7, 11) is 0. The first-order valence-electron chi connectivity index (χ1n) is 15.6. The van der Waals surface area contributed by atoms with E-state index >= 15 is 0 Å². The average molecular weight is 529 g/mol. The highest BCUT2D eigenvalue weighted by Gasteiger charge is 2.25. The Morgan fingerprint density at radius 3 is 2.03 bits per heavy atom. The van der Waals surface area contributed by atoms with Crippen molar-refractivity contribution in [3.05, 3.63) is 23.8 Å². The minimum absolute atomic E-state index is 0.0304. The van der Waals surface area contributed by atoms with Gasteiger partial charge in [-0.15, -0.1) is 0 Å². The van der Waals surface area contributed by atoms with Crippen molar-refractivity contribution < 1.29 is 19.1 Å². The van der Waals surface area contributed by atoms with E-state index in [2.05, 4.69) is 17.6 Å². The van der Waals surface area contributed by atoms with Crippen LogP contribution in [0.5, 0.6) is 11.5 Å². The third-order valence-corrected chi connectivity index (χ3v) is 7.95. The number of amides is 1. The molecule has 1 amide bonds. The van der Waals surface area contributed by atoms with Gasteiger partial charge in [-0.2, -0.15) is 0 Å². The van der Waals surface area contributed by atoms with Gasteiger partial charge in [0.05, 0.1) is 0 Å². The maximum Gasteiger partial charge on any atom is 0.220 e. The maximum absolute atomic E-state index is 13.4. The van der Waals surface area contributed by atoms with Crippen molar-refractivity contribution in [2.45, 2.75) is 135 Å². The summed E-state index contributed by atoms with van der Waals surface area (Å²) in [6, 6.07) is 5.17. The van der Waals surface area contributed by atoms with Crippen LogP contribution in [0.3, 0.4) is 0 Å². The van der Waals surface area contributed by atoms with Gasteiger partial charge < -0.3 is 20.1 Å². The summed E-state index contributed by atoms with van der Waals surface area (Å²) in [5, 5.41) is 6.57. The zero-order chi connectivity index (χ0) is 26.8. The summed E-state index contributed by atoms with van der Waals surface area (Å²) in [6.07, 6.45) is 21.9. The second-order valence-corrected chi connectivity index (χ2v) is 11.2. The Morgan fingerprint density at radius 2 is 1.39 bits per heavy atom. The van der Waals surface area contributed by atoms with Gasteiger partial charge in [-0.25, -0.2) is 0 Å². The fourth-order valence-corrected chi connectivity index (χ4v) is 5.59. The van der Waals surface area contributed by atoms with Crippen LogP contribution in [0, 0.1) is 0 Å². The number of carbonyl (C=O) groups excluding carboxylic acids is 2. The van der Waals surface area contributed by atoms with Gasteiger partial charge >= 0.3 is 0 Å². The van der Waals surface area contributed by atoms with Gasteiger partial charge in [0.1, 0.15) is 19.3 Å². The molecule has 0 unspecified atom stereocenters. The number of unbranched alkanes of at least 4 members (excludes halogenated alkanes) is 12. The first kappa shape index (κ1) is 30.5. The number of ketones is 1. The topological polar surface area (TPSA) is 76.7 Å². The second kappa shape index (κ2) is 18.3. The van der Waals surface area contributed by atoms with Gasteiger partial charge in [0.15, 0.2) is 17.3 Å². The predicted octanol–water partition coefficient (Wildman–Crippen LogP) is 7.14. The van der Waals surface area contributed by atoms with Crippen LogP contribution in [0.1, 0.15) is 133 Å². The van der Waals surface area contributed by atoms with Crippen molar-refractivity contribution in [1.82, 2.24) is 10.6 Å². The molecule has 1 heterocycles. The molecular weight excluding hydrogens is 476 g/mol. The second-order valence-electron chi connectivity index (χ2n) is 11.2. The SMILES string of the molecule is CCCCCCCCCCCCCCCC(=O)N[C@H](CNC1CCCC1)C(=O)c1ccc2c(c1)OCCO2. The Kier molecular flexibility index (Phi) is 14.6. The quantitative estimate of drug-likeness (QED) is 0.139. The number of rotatable bonds is 20. The lowest BCUT2D eigenvalue weighted by atomic mass is 10.0. The summed E-state index contributed by atoms with van der Waals surface area (Å²) in [5.41, 5.74) is 0.550. The van der Waals surface area contributed by atoms with Gasteiger partial charge in [-0.3, -0.25) is 9.59 Å². The van der Waals surface area contributed by atoms with Gasteiger partial charge in [0.2, 0.25) is 5.91 Å². The van der Waals surface area contributed by atoms with Crippen LogP contribution < -0.4 is 20.1 Å². The van der Waals surface area contributed by atoms with Crippen LogP contribution in [-0.4, -0.2) is 43.5 Å². The lowest BCUT2D eigenvalue weighted by molar-refractivity contribution is -0.121. The number of ether oxygens (including phenoxy) is 2. The average Bonchev–Trinajstić information content (AvgIpc) is 3.46. The number of benzene rings is 1. The van der Waals surface area contributed by atoms with Crippen molar-refractivity contribution in [3.8, 4) is 11.5 Å². The lowest BCUT2D eigenvalue weighted by Crippen LogP contribution is -2.49. The zero-order valence-electron chi connectivity index (χ0n) is 23.9. The molecule has 3 rings (SSSR count). The number of hydrogen-bond acceptors (Lipinski definition) is 5. The molecule has 1 aliphatic heterocycles. The van der Waals surface area contributed by atoms with Crippen molar-refractivity contribution in [3.63, 3.8) is 0 Å². The zero-order valence-corrected chi connectivity index (χ0v) is 23.9. The number of fused-ring (bicyclic) bond motifs is 1. The first-order valence-corrected chi connectivity index (χ1v) is 15.6. The molecular formula is C32H52N2O4. The number of carbonyl (C=O) groups is 2. The highest BCUT2D eigenvalue weighted by atomic mass is 16.6. The Labute approximate surface area is 231 Å². The molecule has 0 aromatic heterocycles. The number of Topliss-reactive ketones (excluding diaryl/α,β-unsaturated/α-hetero) is 1. The number of hydrogen-bond donors (Lipinski definition) is 2. The monoisotopic (exact) mass is 528 g/mol. The van der Waals surface area contributed by atoms with Gasteiger partial charge in [-0.05, 0) is 37.5 Å². The Bertz CT molecular complexity index is 822. The van der Waals surface area contributed by atoms with Crippen LogP contribution in [-0.2, 0) is 4.79 Å². The van der Waals surface area contributed by atoms with Crippen LogP contribution in [0.4, 0.5) is 0 Å². The van der Waals surface area contributed by atoms with Crippen LogP contribution in [0.15, 0.2) is 18.2 Å². The molecule has 38 heavy (non-hydrogen) atoms. The highest BCUT2D eigenvalue weighted by Crippen LogP contribution is 2.31. The molecule has 1 aliphatic carbocycles. The van der Waals surface area contributed by atoms with Gasteiger partial charge in [0.25, 0.3) is 0 Å². The Hall–Kier alpha value is -2.08. The highest BCUT2D eigenvalue weighted by molar-refractivity contribution is 6.02. The Balaban J connectivity index is 1.35. The minimum Gasteiger partial charge on any atom is -0.486 e. The fraction of sp³-hybridized carbons (Fsp3) is 0.750. The molecule has 2 N–H and O–H groups in total. The van der Waals surface area contributed by atoms with E-state index in [4.69, 9.17) is 9.47 Å². The van der Waals surface area contributed by atoms with E-state index in [-0.39, 0.29) is 11.7 Å². The van der Waals surface area contributed by atoms with E-state index < -0.39 is 6.04 Å². The molecule has 1 fully saturated rings. The summed E-state index contributed by atoms with van der Waals surface area (Å²) in [5.74, 6) is 1.16. The first-order chi connectivity index (χ1) is 18.7. The molecule has 6 heteroatoms. The number of nitrogens with one attached hydrogen (secondary N) is 2. The summed E-state index contributed by atoms with van der Waals surface area (Å²) in [4.78, 5) is 26.2.